The number of hydrogen-bond acceptors (Lipinski definition) is 4. The summed E-state index contributed by atoms with van der Waals surface area (Å²) in [6.45, 7) is 1.90. The zero-order valence-electron chi connectivity index (χ0n) is 5.50. The maximum Gasteiger partial charge on any atom is 0.241 e. The number of carbonyl (C=O) groups excluding carboxylic acids is 1. The van der Waals surface area contributed by atoms with Gasteiger partial charge in [-0.15, -0.1) is 5.06 Å². The van der Waals surface area contributed by atoms with Gasteiger partial charge in [-0.2, -0.15) is 10.2 Å². The van der Waals surface area contributed by atoms with Gasteiger partial charge in [0.15, 0.2) is 0 Å². The molecule has 1 fully saturated rings. The van der Waals surface area contributed by atoms with Crippen molar-refractivity contribution in [3.05, 3.63) is 0 Å². The lowest BCUT2D eigenvalue weighted by Crippen LogP contribution is -2.24. The van der Waals surface area contributed by atoms with Crippen LogP contribution in [0.15, 0.2) is 0 Å². The molecular formula is C5H7N3O2. The molecular weight excluding hydrogens is 134 g/mol. The van der Waals surface area contributed by atoms with Crippen LogP contribution >= 0.6 is 0 Å². The summed E-state index contributed by atoms with van der Waals surface area (Å²) in [5, 5.41) is 9.63. The number of amides is 1. The summed E-state index contributed by atoms with van der Waals surface area (Å²) >= 11 is 0. The van der Waals surface area contributed by atoms with Crippen molar-refractivity contribution in [3.63, 3.8) is 0 Å². The number of rotatable bonds is 2. The molecule has 0 radical (unpaired) electrons. The summed E-state index contributed by atoms with van der Waals surface area (Å²) in [7, 11) is 0. The van der Waals surface area contributed by atoms with Crippen molar-refractivity contribution < 1.29 is 9.73 Å². The summed E-state index contributed by atoms with van der Waals surface area (Å²) < 4.78 is 0. The lowest BCUT2D eigenvalue weighted by atomic mass is 10.6. The largest absolute Gasteiger partial charge is 0.273 e. The highest BCUT2D eigenvalue weighted by Gasteiger charge is 2.36. The zero-order valence-corrected chi connectivity index (χ0v) is 5.50. The molecule has 0 bridgehead atoms. The molecule has 2 unspecified atom stereocenters. The Balaban J connectivity index is 2.08. The quantitative estimate of drug-likeness (QED) is 0.403. The molecule has 2 atom stereocenters. The second-order valence-electron chi connectivity index (χ2n) is 1.99. The van der Waals surface area contributed by atoms with Crippen LogP contribution in [0.5, 0.6) is 0 Å². The van der Waals surface area contributed by atoms with Gasteiger partial charge in [-0.25, -0.2) is 5.48 Å². The van der Waals surface area contributed by atoms with E-state index in [-0.39, 0.29) is 11.9 Å². The molecule has 1 rings (SSSR count). The zero-order chi connectivity index (χ0) is 7.56. The molecule has 0 spiro atoms. The summed E-state index contributed by atoms with van der Waals surface area (Å²) in [5.41, 5.74) is 2.11. The minimum Gasteiger partial charge on any atom is -0.273 e. The van der Waals surface area contributed by atoms with E-state index in [1.165, 1.54) is 12.0 Å². The smallest absolute Gasteiger partial charge is 0.241 e. The molecule has 1 amide bonds. The number of nitriles is 1. The molecule has 5 heteroatoms. The Bertz CT molecular complexity index is 186. The number of hydrogen-bond donors (Lipinski definition) is 1. The van der Waals surface area contributed by atoms with Crippen molar-refractivity contribution in [2.45, 2.75) is 13.0 Å². The third-order valence-corrected chi connectivity index (χ3v) is 1.02. The van der Waals surface area contributed by atoms with Crippen LogP contribution in [0.4, 0.5) is 0 Å². The Kier molecular flexibility index (Phi) is 1.85. The minimum atomic E-state index is -0.274. The summed E-state index contributed by atoms with van der Waals surface area (Å²) in [5.74, 6) is -0.274. The van der Waals surface area contributed by atoms with Crippen LogP contribution in [0.2, 0.25) is 0 Å². The number of nitrogens with zero attached hydrogens (tertiary/aromatic N) is 2. The first kappa shape index (κ1) is 6.99. The van der Waals surface area contributed by atoms with Crippen LogP contribution in [0, 0.1) is 11.3 Å². The Morgan fingerprint density at radius 2 is 2.70 bits per heavy atom. The van der Waals surface area contributed by atoms with Gasteiger partial charge in [-0.3, -0.25) is 4.79 Å². The highest BCUT2D eigenvalue weighted by Crippen LogP contribution is 2.14. The van der Waals surface area contributed by atoms with Crippen LogP contribution in [-0.2, 0) is 9.73 Å². The van der Waals surface area contributed by atoms with Crippen molar-refractivity contribution in [1.29, 1.82) is 5.26 Å². The van der Waals surface area contributed by atoms with E-state index in [1.54, 1.807) is 0 Å². The highest BCUT2D eigenvalue weighted by atomic mass is 16.8. The summed E-state index contributed by atoms with van der Waals surface area (Å²) in [6, 6.07) is 1.77. The highest BCUT2D eigenvalue weighted by molar-refractivity contribution is 5.71. The predicted molar refractivity (Wildman–Crippen MR) is 31.0 cm³/mol. The molecule has 0 aromatic carbocycles. The first-order chi connectivity index (χ1) is 4.74. The predicted octanol–water partition coefficient (Wildman–Crippen LogP) is -0.823. The van der Waals surface area contributed by atoms with Crippen LogP contribution in [0.1, 0.15) is 6.92 Å². The fourth-order valence-electron chi connectivity index (χ4n) is 0.452. The molecule has 1 N–H and O–H groups in total. The first-order valence-corrected chi connectivity index (χ1v) is 2.84. The van der Waals surface area contributed by atoms with Crippen LogP contribution in [0.3, 0.4) is 0 Å². The Labute approximate surface area is 58.1 Å². The lowest BCUT2D eigenvalue weighted by molar-refractivity contribution is -0.163. The Morgan fingerprint density at radius 1 is 2.00 bits per heavy atom. The maximum atomic E-state index is 10.2. The number of carbonyl (C=O) groups is 1. The van der Waals surface area contributed by atoms with E-state index in [2.05, 4.69) is 10.4 Å². The topological polar surface area (TPSA) is 65.1 Å². The summed E-state index contributed by atoms with van der Waals surface area (Å²) in [4.78, 5) is 14.9. The van der Waals surface area contributed by atoms with Gasteiger partial charge < -0.3 is 0 Å². The van der Waals surface area contributed by atoms with Crippen molar-refractivity contribution in [2.24, 2.45) is 0 Å². The van der Waals surface area contributed by atoms with E-state index in [9.17, 15) is 4.79 Å². The van der Waals surface area contributed by atoms with E-state index in [1.807, 2.05) is 6.07 Å². The van der Waals surface area contributed by atoms with Crippen molar-refractivity contribution in [3.8, 4) is 6.07 Å². The average molecular weight is 141 g/mol. The average Bonchev–Trinajstić information content (AvgIpc) is 2.61. The SMILES string of the molecule is CC(=O)NON1CC1C#N. The van der Waals surface area contributed by atoms with Gasteiger partial charge in [0.05, 0.1) is 12.6 Å². The molecule has 10 heavy (non-hydrogen) atoms. The van der Waals surface area contributed by atoms with Gasteiger partial charge in [0.1, 0.15) is 6.04 Å². The van der Waals surface area contributed by atoms with Gasteiger partial charge in [0.2, 0.25) is 5.91 Å². The van der Waals surface area contributed by atoms with E-state index in [0.717, 1.165) is 0 Å². The van der Waals surface area contributed by atoms with E-state index >= 15 is 0 Å². The number of hydroxylamine groups is 3. The molecule has 1 heterocycles. The summed E-state index contributed by atoms with van der Waals surface area (Å²) in [6.07, 6.45) is 0. The fraction of sp³-hybridized carbons (Fsp3) is 0.600. The van der Waals surface area contributed by atoms with Crippen molar-refractivity contribution in [1.82, 2.24) is 10.5 Å². The van der Waals surface area contributed by atoms with Crippen LogP contribution < -0.4 is 5.48 Å². The fourth-order valence-corrected chi connectivity index (χ4v) is 0.452. The molecule has 0 aromatic rings. The van der Waals surface area contributed by atoms with E-state index < -0.39 is 0 Å². The second-order valence-corrected chi connectivity index (χ2v) is 1.99. The van der Waals surface area contributed by atoms with Gasteiger partial charge in [0.25, 0.3) is 0 Å². The van der Waals surface area contributed by atoms with Crippen LogP contribution in [0.25, 0.3) is 0 Å². The minimum absolute atomic E-state index is 0.188. The Morgan fingerprint density at radius 3 is 3.10 bits per heavy atom. The molecule has 0 saturated carbocycles. The van der Waals surface area contributed by atoms with Gasteiger partial charge >= 0.3 is 0 Å². The van der Waals surface area contributed by atoms with Crippen LogP contribution in [-0.4, -0.2) is 23.6 Å². The van der Waals surface area contributed by atoms with Gasteiger partial charge in [-0.05, 0) is 0 Å². The van der Waals surface area contributed by atoms with Crippen molar-refractivity contribution >= 4 is 5.91 Å². The van der Waals surface area contributed by atoms with Gasteiger partial charge in [-0.1, -0.05) is 0 Å². The Hall–Kier alpha value is -1.12. The molecule has 5 nitrogen and oxygen atoms in total. The van der Waals surface area contributed by atoms with Crippen molar-refractivity contribution in [2.75, 3.05) is 6.54 Å². The maximum absolute atomic E-state index is 10.2. The third kappa shape index (κ3) is 1.69. The first-order valence-electron chi connectivity index (χ1n) is 2.84. The van der Waals surface area contributed by atoms with E-state index in [4.69, 9.17) is 5.26 Å². The molecule has 54 valence electrons. The molecule has 1 aliphatic rings. The third-order valence-electron chi connectivity index (χ3n) is 1.02. The monoisotopic (exact) mass is 141 g/mol. The number of nitrogens with one attached hydrogen (secondary N) is 1. The standard InChI is InChI=1S/C5H7N3O2/c1-4(9)7-10-8-3-5(8)2-6/h5H,3H2,1H3,(H,7,9). The molecule has 0 aliphatic carbocycles. The van der Waals surface area contributed by atoms with Gasteiger partial charge in [0, 0.05) is 6.92 Å². The molecule has 0 aromatic heterocycles. The molecule has 1 aliphatic heterocycles. The normalized spacial score (nSPS) is 28.8. The van der Waals surface area contributed by atoms with E-state index in [0.29, 0.717) is 6.54 Å². The lowest BCUT2D eigenvalue weighted by Gasteiger charge is -1.99. The molecule has 1 saturated heterocycles. The second kappa shape index (κ2) is 2.64.